The van der Waals surface area contributed by atoms with Crippen molar-refractivity contribution < 1.29 is 8.42 Å². The first kappa shape index (κ1) is 11.9. The molecule has 0 saturated heterocycles. The van der Waals surface area contributed by atoms with Crippen LogP contribution in [0.5, 0.6) is 0 Å². The van der Waals surface area contributed by atoms with Crippen molar-refractivity contribution in [1.29, 1.82) is 0 Å². The number of hydrogen-bond donors (Lipinski definition) is 1. The summed E-state index contributed by atoms with van der Waals surface area (Å²) in [5.41, 5.74) is 0.509. The summed E-state index contributed by atoms with van der Waals surface area (Å²) >= 11 is 3.22. The van der Waals surface area contributed by atoms with Gasteiger partial charge in [0.2, 0.25) is 10.0 Å². The number of nitrogens with zero attached hydrogens (tertiary/aromatic N) is 1. The fourth-order valence-corrected chi connectivity index (χ4v) is 3.97. The van der Waals surface area contributed by atoms with Gasteiger partial charge in [-0.2, -0.15) is 0 Å². The second kappa shape index (κ2) is 4.71. The summed E-state index contributed by atoms with van der Waals surface area (Å²) in [6, 6.07) is 3.40. The normalized spacial score (nSPS) is 17.6. The van der Waals surface area contributed by atoms with Gasteiger partial charge < -0.3 is 0 Å². The molecule has 0 amide bonds. The van der Waals surface area contributed by atoms with Crippen LogP contribution in [0, 0.1) is 0 Å². The molecule has 1 aliphatic rings. The van der Waals surface area contributed by atoms with Gasteiger partial charge in [0.1, 0.15) is 4.60 Å². The third-order valence-electron chi connectivity index (χ3n) is 2.75. The summed E-state index contributed by atoms with van der Waals surface area (Å²) in [4.78, 5) is 3.98. The molecule has 1 heterocycles. The van der Waals surface area contributed by atoms with Crippen molar-refractivity contribution in [2.75, 3.05) is 4.72 Å². The lowest BCUT2D eigenvalue weighted by molar-refractivity contribution is 0.585. The maximum absolute atomic E-state index is 12.0. The van der Waals surface area contributed by atoms with E-state index in [9.17, 15) is 8.42 Å². The van der Waals surface area contributed by atoms with E-state index in [-0.39, 0.29) is 5.25 Å². The highest BCUT2D eigenvalue weighted by Gasteiger charge is 2.28. The molecule has 0 bridgehead atoms. The maximum atomic E-state index is 12.0. The van der Waals surface area contributed by atoms with E-state index in [2.05, 4.69) is 25.6 Å². The first-order valence-corrected chi connectivity index (χ1v) is 7.56. The standard InChI is InChI=1S/C10H13BrN2O2S/c11-10-9(6-3-7-12-10)13-16(14,15)8-4-1-2-5-8/h3,6-8,13H,1-2,4-5H2. The molecule has 1 aromatic heterocycles. The Balaban J connectivity index is 2.18. The van der Waals surface area contributed by atoms with E-state index in [1.807, 2.05) is 0 Å². The fraction of sp³-hybridized carbons (Fsp3) is 0.500. The Hall–Kier alpha value is -0.620. The van der Waals surface area contributed by atoms with Gasteiger partial charge in [0, 0.05) is 6.20 Å². The molecule has 0 spiro atoms. The van der Waals surface area contributed by atoms with Crippen molar-refractivity contribution in [3.63, 3.8) is 0 Å². The molecule has 2 rings (SSSR count). The second-order valence-corrected chi connectivity index (χ2v) is 6.61. The molecule has 88 valence electrons. The number of aromatic nitrogens is 1. The Morgan fingerprint density at radius 3 is 2.69 bits per heavy atom. The fourth-order valence-electron chi connectivity index (χ4n) is 1.90. The lowest BCUT2D eigenvalue weighted by atomic mass is 10.4. The quantitative estimate of drug-likeness (QED) is 0.873. The molecule has 6 heteroatoms. The van der Waals surface area contributed by atoms with Crippen molar-refractivity contribution in [3.8, 4) is 0 Å². The number of hydrogen-bond acceptors (Lipinski definition) is 3. The van der Waals surface area contributed by atoms with E-state index >= 15 is 0 Å². The molecule has 16 heavy (non-hydrogen) atoms. The van der Waals surface area contributed by atoms with Crippen molar-refractivity contribution >= 4 is 31.6 Å². The molecule has 0 atom stereocenters. The first-order chi connectivity index (χ1) is 7.59. The number of anilines is 1. The average Bonchev–Trinajstić information content (AvgIpc) is 2.75. The van der Waals surface area contributed by atoms with Crippen molar-refractivity contribution in [2.24, 2.45) is 0 Å². The van der Waals surface area contributed by atoms with E-state index < -0.39 is 10.0 Å². The predicted octanol–water partition coefficient (Wildman–Crippen LogP) is 2.53. The van der Waals surface area contributed by atoms with E-state index in [4.69, 9.17) is 0 Å². The van der Waals surface area contributed by atoms with Gasteiger partial charge >= 0.3 is 0 Å². The number of halogens is 1. The van der Waals surface area contributed by atoms with Gasteiger partial charge in [-0.1, -0.05) is 12.8 Å². The third-order valence-corrected chi connectivity index (χ3v) is 5.24. The second-order valence-electron chi connectivity index (χ2n) is 3.90. The highest BCUT2D eigenvalue weighted by atomic mass is 79.9. The van der Waals surface area contributed by atoms with Gasteiger partial charge in [-0.25, -0.2) is 13.4 Å². The van der Waals surface area contributed by atoms with E-state index in [1.54, 1.807) is 18.3 Å². The minimum atomic E-state index is -3.26. The summed E-state index contributed by atoms with van der Waals surface area (Å²) in [5.74, 6) is 0. The van der Waals surface area contributed by atoms with E-state index in [1.165, 1.54) is 0 Å². The summed E-state index contributed by atoms with van der Waals surface area (Å²) < 4.78 is 27.1. The molecule has 1 aromatic rings. The van der Waals surface area contributed by atoms with Crippen molar-refractivity contribution in [2.45, 2.75) is 30.9 Å². The minimum Gasteiger partial charge on any atom is -0.281 e. The largest absolute Gasteiger partial charge is 0.281 e. The molecule has 1 saturated carbocycles. The number of rotatable bonds is 3. The Kier molecular flexibility index (Phi) is 3.49. The lowest BCUT2D eigenvalue weighted by Gasteiger charge is -2.13. The molecule has 0 unspecified atom stereocenters. The monoisotopic (exact) mass is 304 g/mol. The van der Waals surface area contributed by atoms with Gasteiger partial charge in [0.25, 0.3) is 0 Å². The lowest BCUT2D eigenvalue weighted by Crippen LogP contribution is -2.25. The Morgan fingerprint density at radius 2 is 2.06 bits per heavy atom. The minimum absolute atomic E-state index is 0.250. The number of sulfonamides is 1. The third kappa shape index (κ3) is 2.55. The van der Waals surface area contributed by atoms with Crippen LogP contribution in [0.15, 0.2) is 22.9 Å². The summed E-state index contributed by atoms with van der Waals surface area (Å²) in [7, 11) is -3.26. The zero-order valence-corrected chi connectivity index (χ0v) is 11.1. The van der Waals surface area contributed by atoms with Crippen LogP contribution >= 0.6 is 15.9 Å². The highest BCUT2D eigenvalue weighted by molar-refractivity contribution is 9.10. The van der Waals surface area contributed by atoms with E-state index in [0.29, 0.717) is 10.3 Å². The topological polar surface area (TPSA) is 59.1 Å². The SMILES string of the molecule is O=S(=O)(Nc1cccnc1Br)C1CCCC1. The summed E-state index contributed by atoms with van der Waals surface area (Å²) in [6.45, 7) is 0. The molecule has 1 aliphatic carbocycles. The Labute approximate surface area is 104 Å². The molecule has 1 fully saturated rings. The van der Waals surface area contributed by atoms with Crippen LogP contribution in [0.2, 0.25) is 0 Å². The molecule has 0 aromatic carbocycles. The smallest absolute Gasteiger partial charge is 0.235 e. The van der Waals surface area contributed by atoms with Crippen LogP contribution in [0.25, 0.3) is 0 Å². The van der Waals surface area contributed by atoms with Gasteiger partial charge in [0.15, 0.2) is 0 Å². The van der Waals surface area contributed by atoms with Gasteiger partial charge in [0.05, 0.1) is 10.9 Å². The maximum Gasteiger partial charge on any atom is 0.235 e. The zero-order valence-electron chi connectivity index (χ0n) is 8.69. The van der Waals surface area contributed by atoms with Gasteiger partial charge in [-0.15, -0.1) is 0 Å². The van der Waals surface area contributed by atoms with Crippen LogP contribution in [0.3, 0.4) is 0 Å². The average molecular weight is 305 g/mol. The zero-order chi connectivity index (χ0) is 11.6. The van der Waals surface area contributed by atoms with Gasteiger partial charge in [-0.3, -0.25) is 4.72 Å². The number of pyridine rings is 1. The van der Waals surface area contributed by atoms with Gasteiger partial charge in [-0.05, 0) is 40.9 Å². The van der Waals surface area contributed by atoms with Crippen molar-refractivity contribution in [1.82, 2.24) is 4.98 Å². The highest BCUT2D eigenvalue weighted by Crippen LogP contribution is 2.27. The van der Waals surface area contributed by atoms with Crippen LogP contribution in [0.1, 0.15) is 25.7 Å². The van der Waals surface area contributed by atoms with Crippen LogP contribution in [-0.2, 0) is 10.0 Å². The summed E-state index contributed by atoms with van der Waals surface area (Å²) in [6.07, 6.45) is 5.12. The molecule has 1 N–H and O–H groups in total. The van der Waals surface area contributed by atoms with Crippen LogP contribution < -0.4 is 4.72 Å². The van der Waals surface area contributed by atoms with Crippen LogP contribution in [-0.4, -0.2) is 18.7 Å². The van der Waals surface area contributed by atoms with Crippen LogP contribution in [0.4, 0.5) is 5.69 Å². The molecule has 4 nitrogen and oxygen atoms in total. The predicted molar refractivity (Wildman–Crippen MR) is 66.7 cm³/mol. The first-order valence-electron chi connectivity index (χ1n) is 5.22. The Morgan fingerprint density at radius 1 is 1.38 bits per heavy atom. The molecular formula is C10H13BrN2O2S. The van der Waals surface area contributed by atoms with Crippen molar-refractivity contribution in [3.05, 3.63) is 22.9 Å². The molecule has 0 radical (unpaired) electrons. The molecule has 0 aliphatic heterocycles. The van der Waals surface area contributed by atoms with E-state index in [0.717, 1.165) is 25.7 Å². The number of nitrogens with one attached hydrogen (secondary N) is 1. The summed E-state index contributed by atoms with van der Waals surface area (Å²) in [5, 5.41) is -0.250. The molecular weight excluding hydrogens is 292 g/mol. The Bertz CT molecular complexity index is 469.